The second-order valence-electron chi connectivity index (χ2n) is 18.0. The number of nitrogens with zero attached hydrogens (tertiary/aromatic N) is 7. The maximum atomic E-state index is 14.5. The highest BCUT2D eigenvalue weighted by atomic mass is 32.2. The Morgan fingerprint density at radius 3 is 1.95 bits per heavy atom. The Labute approximate surface area is 449 Å². The number of ether oxygens (including phenoxy) is 2. The van der Waals surface area contributed by atoms with Crippen molar-refractivity contribution in [2.24, 2.45) is 5.16 Å². The predicted molar refractivity (Wildman–Crippen MR) is 290 cm³/mol. The fraction of sp³-hybridized carbons (Fsp3) is 0.196. The topological polar surface area (TPSA) is 212 Å². The summed E-state index contributed by atoms with van der Waals surface area (Å²) in [5.41, 5.74) is 4.24. The molecule has 5 heterocycles. The number of esters is 1. The van der Waals surface area contributed by atoms with E-state index in [1.165, 1.54) is 51.4 Å². The number of anilines is 1. The minimum atomic E-state index is -1.30. The lowest BCUT2D eigenvalue weighted by atomic mass is 9.77. The number of hydrogen-bond acceptors (Lipinski definition) is 16. The lowest BCUT2D eigenvalue weighted by Gasteiger charge is -2.49. The second kappa shape index (κ2) is 22.0. The summed E-state index contributed by atoms with van der Waals surface area (Å²) >= 11 is 3.82. The summed E-state index contributed by atoms with van der Waals surface area (Å²) in [5.74, 6) is -4.40. The van der Waals surface area contributed by atoms with Crippen molar-refractivity contribution in [1.29, 1.82) is 0 Å². The zero-order valence-electron chi connectivity index (χ0n) is 41.4. The van der Waals surface area contributed by atoms with E-state index in [9.17, 15) is 24.3 Å². The van der Waals surface area contributed by atoms with Crippen LogP contribution in [-0.2, 0) is 34.2 Å². The minimum Gasteiger partial charge on any atom is -0.477 e. The average Bonchev–Trinajstić information content (AvgIpc) is 4.12. The number of methoxy groups -OCH3 is 1. The maximum absolute atomic E-state index is 14.5. The number of carboxylic acid groups (broad SMARTS) is 1. The molecular formula is C56H49N9O8S3. The van der Waals surface area contributed by atoms with Crippen LogP contribution in [0.1, 0.15) is 69.8 Å². The van der Waals surface area contributed by atoms with Crippen LogP contribution in [0.4, 0.5) is 5.13 Å². The third-order valence-corrected chi connectivity index (χ3v) is 15.9. The largest absolute Gasteiger partial charge is 0.477 e. The van der Waals surface area contributed by atoms with Crippen LogP contribution in [-0.4, -0.2) is 99.9 Å². The molecule has 3 N–H and O–H groups in total. The second-order valence-corrected chi connectivity index (χ2v) is 21.0. The van der Waals surface area contributed by atoms with Gasteiger partial charge in [-0.1, -0.05) is 157 Å². The van der Waals surface area contributed by atoms with E-state index in [4.69, 9.17) is 19.3 Å². The predicted octanol–water partition coefficient (Wildman–Crippen LogP) is 8.87. The van der Waals surface area contributed by atoms with E-state index in [-0.39, 0.29) is 40.2 Å². The van der Waals surface area contributed by atoms with Gasteiger partial charge in [-0.3, -0.25) is 14.5 Å². The number of oxime groups is 1. The van der Waals surface area contributed by atoms with Crippen LogP contribution in [0.15, 0.2) is 185 Å². The summed E-state index contributed by atoms with van der Waals surface area (Å²) < 4.78 is 12.9. The highest BCUT2D eigenvalue weighted by Gasteiger charge is 2.54. The highest BCUT2D eigenvalue weighted by molar-refractivity contribution is 8.01. The zero-order valence-corrected chi connectivity index (χ0v) is 43.8. The van der Waals surface area contributed by atoms with Crippen LogP contribution in [0, 0.1) is 6.92 Å². The molecule has 8 aromatic rings. The Morgan fingerprint density at radius 1 is 0.829 bits per heavy atom. The molecule has 76 heavy (non-hydrogen) atoms. The number of rotatable bonds is 19. The summed E-state index contributed by atoms with van der Waals surface area (Å²) in [5, 5.41) is 27.8. The molecule has 3 aromatic heterocycles. The van der Waals surface area contributed by atoms with Crippen LogP contribution >= 0.6 is 34.9 Å². The van der Waals surface area contributed by atoms with Crippen molar-refractivity contribution in [2.45, 2.75) is 54.6 Å². The Morgan fingerprint density at radius 2 is 1.39 bits per heavy atom. The number of thiazole rings is 1. The van der Waals surface area contributed by atoms with E-state index in [0.29, 0.717) is 21.4 Å². The Balaban J connectivity index is 0.877. The molecule has 0 unspecified atom stereocenters. The molecule has 2 amide bonds. The first-order valence-corrected chi connectivity index (χ1v) is 26.9. The van der Waals surface area contributed by atoms with E-state index in [1.54, 1.807) is 32.2 Å². The standard InChI is InChI=1S/C56H49N9O8S3/c1-34-30-42(65-53(57-34)60-47(62-65)52(70)72-46(35-20-10-5-11-21-35)36-22-12-6-13-23-36)74-31-37-32-75-50-44(49(67)64(50)45(37)51(68)69)59-48(66)43(63-73-55(2,3)71-4)41-33-76-54(58-41)61-56(38-24-14-7-15-25-38,39-26-16-8-17-27-39)40-28-18-9-19-29-40/h5-30,33,44,46,50H,31-32H2,1-4H3,(H,58,61)(H,59,66)(H,68,69)/t44-,50-/m1/s1. The van der Waals surface area contributed by atoms with Crippen molar-refractivity contribution < 1.29 is 38.6 Å². The van der Waals surface area contributed by atoms with E-state index < -0.39 is 52.6 Å². The molecular weight excluding hydrogens is 1020 g/mol. The third kappa shape index (κ3) is 10.4. The number of carbonyl (C=O) groups excluding carboxylic acids is 3. The molecule has 0 spiro atoms. The Kier molecular flexibility index (Phi) is 14.8. The van der Waals surface area contributed by atoms with E-state index >= 15 is 0 Å². The van der Waals surface area contributed by atoms with E-state index in [0.717, 1.165) is 27.8 Å². The molecule has 0 bridgehead atoms. The van der Waals surface area contributed by atoms with Gasteiger partial charge in [0.2, 0.25) is 5.79 Å². The molecule has 2 atom stereocenters. The van der Waals surface area contributed by atoms with Crippen LogP contribution < -0.4 is 10.6 Å². The lowest BCUT2D eigenvalue weighted by Crippen LogP contribution is -2.71. The van der Waals surface area contributed by atoms with Gasteiger partial charge in [0, 0.05) is 43.5 Å². The summed E-state index contributed by atoms with van der Waals surface area (Å²) in [6.45, 7) is 5.03. The normalized spacial score (nSPS) is 15.8. The Bertz CT molecular complexity index is 3350. The fourth-order valence-corrected chi connectivity index (χ4v) is 12.1. The minimum absolute atomic E-state index is 0.133. The first kappa shape index (κ1) is 51.3. The number of carbonyl (C=O) groups is 4. The quantitative estimate of drug-likeness (QED) is 0.0101. The first-order valence-electron chi connectivity index (χ1n) is 23.9. The smallest absolute Gasteiger partial charge is 0.379 e. The molecule has 2 aliphatic heterocycles. The van der Waals surface area contributed by atoms with E-state index in [1.807, 2.05) is 152 Å². The number of thioether (sulfide) groups is 2. The number of amides is 2. The molecule has 0 aliphatic carbocycles. The van der Waals surface area contributed by atoms with Crippen molar-refractivity contribution in [3.05, 3.63) is 219 Å². The molecule has 384 valence electrons. The monoisotopic (exact) mass is 1070 g/mol. The highest BCUT2D eigenvalue weighted by Crippen LogP contribution is 2.43. The lowest BCUT2D eigenvalue weighted by molar-refractivity contribution is -0.197. The molecule has 1 fully saturated rings. The first-order chi connectivity index (χ1) is 36.8. The molecule has 0 radical (unpaired) electrons. The summed E-state index contributed by atoms with van der Waals surface area (Å²) in [6, 6.07) is 49.3. The fourth-order valence-electron chi connectivity index (χ4n) is 8.83. The number of benzene rings is 5. The van der Waals surface area contributed by atoms with Gasteiger partial charge < -0.3 is 30.1 Å². The summed E-state index contributed by atoms with van der Waals surface area (Å²) in [4.78, 5) is 76.1. The molecule has 2 aliphatic rings. The van der Waals surface area contributed by atoms with Gasteiger partial charge in [0.15, 0.2) is 16.9 Å². The van der Waals surface area contributed by atoms with Gasteiger partial charge >= 0.3 is 11.9 Å². The molecule has 5 aromatic carbocycles. The molecule has 0 saturated carbocycles. The number of hydrogen-bond donors (Lipinski definition) is 3. The number of aryl methyl sites for hydroxylation is 1. The van der Waals surface area contributed by atoms with Crippen molar-refractivity contribution >= 4 is 75.2 Å². The third-order valence-electron chi connectivity index (χ3n) is 12.7. The number of β-lactam (4-membered cyclic amide) rings is 1. The maximum Gasteiger partial charge on any atom is 0.379 e. The Hall–Kier alpha value is -8.17. The van der Waals surface area contributed by atoms with Crippen LogP contribution in [0.25, 0.3) is 5.78 Å². The van der Waals surface area contributed by atoms with Crippen molar-refractivity contribution in [3.8, 4) is 0 Å². The van der Waals surface area contributed by atoms with Gasteiger partial charge in [0.25, 0.3) is 23.4 Å². The van der Waals surface area contributed by atoms with Crippen molar-refractivity contribution in [3.63, 3.8) is 0 Å². The van der Waals surface area contributed by atoms with Gasteiger partial charge in [-0.25, -0.2) is 19.6 Å². The van der Waals surface area contributed by atoms with Crippen molar-refractivity contribution in [2.75, 3.05) is 23.9 Å². The average molecular weight is 1070 g/mol. The van der Waals surface area contributed by atoms with Gasteiger partial charge in [0.05, 0.1) is 0 Å². The summed E-state index contributed by atoms with van der Waals surface area (Å²) in [6.07, 6.45) is -0.727. The molecule has 17 nitrogen and oxygen atoms in total. The zero-order chi connectivity index (χ0) is 53.0. The van der Waals surface area contributed by atoms with Crippen molar-refractivity contribution in [1.82, 2.24) is 34.8 Å². The summed E-state index contributed by atoms with van der Waals surface area (Å²) in [7, 11) is 1.44. The number of carboxylic acids is 1. The van der Waals surface area contributed by atoms with Gasteiger partial charge in [0.1, 0.15) is 33.4 Å². The van der Waals surface area contributed by atoms with E-state index in [2.05, 4.69) is 30.9 Å². The number of nitrogens with one attached hydrogen (secondary N) is 2. The SMILES string of the molecule is COC(C)(C)ON=C(C(=O)N[C@@H]1C(=O)N2C(C(=O)O)=C(CSc3cc(C)nc4nc(C(=O)OC(c5ccccc5)c5ccccc5)nn34)CS[C@H]12)c1csc(NC(c2ccccc2)(c2ccccc2)c2ccccc2)n1. The van der Waals surface area contributed by atoms with Crippen LogP contribution in [0.2, 0.25) is 0 Å². The molecule has 1 saturated heterocycles. The van der Waals surface area contributed by atoms with Gasteiger partial charge in [-0.05, 0) is 46.4 Å². The van der Waals surface area contributed by atoms with Crippen LogP contribution in [0.5, 0.6) is 0 Å². The van der Waals surface area contributed by atoms with Gasteiger partial charge in [-0.2, -0.15) is 9.50 Å². The molecule has 20 heteroatoms. The molecule has 10 rings (SSSR count). The number of fused-ring (bicyclic) bond motifs is 2. The van der Waals surface area contributed by atoms with Gasteiger partial charge in [-0.15, -0.1) is 40.0 Å². The number of aliphatic carboxylic acids is 1. The van der Waals surface area contributed by atoms with Crippen LogP contribution in [0.3, 0.4) is 0 Å². The number of aromatic nitrogens is 5.